The van der Waals surface area contributed by atoms with Gasteiger partial charge in [-0.25, -0.2) is 19.3 Å². The maximum Gasteiger partial charge on any atom is 0.274 e. The SMILES string of the molecule is C[C@H](Nc1cc(Oc2ccc(F)cn2)ccc1NC(=O)c1ccncn1)C(N)=O. The zero-order chi connectivity index (χ0) is 20.8. The number of carbonyl (C=O) groups excluding carboxylic acids is 2. The number of hydrogen-bond donors (Lipinski definition) is 3. The Kier molecular flexibility index (Phi) is 5.93. The largest absolute Gasteiger partial charge is 0.439 e. The minimum atomic E-state index is -0.719. The first-order valence-electron chi connectivity index (χ1n) is 8.49. The maximum absolute atomic E-state index is 13.0. The zero-order valence-electron chi connectivity index (χ0n) is 15.3. The van der Waals surface area contributed by atoms with Gasteiger partial charge in [-0.05, 0) is 31.2 Å². The van der Waals surface area contributed by atoms with E-state index in [2.05, 4.69) is 25.6 Å². The Bertz CT molecular complexity index is 1010. The number of primary amides is 1. The molecule has 4 N–H and O–H groups in total. The number of pyridine rings is 1. The molecule has 29 heavy (non-hydrogen) atoms. The van der Waals surface area contributed by atoms with Gasteiger partial charge in [-0.2, -0.15) is 0 Å². The average molecular weight is 396 g/mol. The third-order valence-electron chi connectivity index (χ3n) is 3.78. The van der Waals surface area contributed by atoms with Crippen LogP contribution in [0, 0.1) is 5.82 Å². The quantitative estimate of drug-likeness (QED) is 0.558. The molecule has 2 aromatic heterocycles. The number of rotatable bonds is 7. The molecule has 0 spiro atoms. The predicted molar refractivity (Wildman–Crippen MR) is 103 cm³/mol. The van der Waals surface area contributed by atoms with Crippen LogP contribution in [0.3, 0.4) is 0 Å². The molecule has 0 saturated heterocycles. The first kappa shape index (κ1) is 19.7. The van der Waals surface area contributed by atoms with Gasteiger partial charge < -0.3 is 21.1 Å². The lowest BCUT2D eigenvalue weighted by Crippen LogP contribution is -2.32. The lowest BCUT2D eigenvalue weighted by Gasteiger charge is -2.17. The molecule has 0 saturated carbocycles. The normalized spacial score (nSPS) is 11.4. The Morgan fingerprint density at radius 1 is 1.14 bits per heavy atom. The van der Waals surface area contributed by atoms with Crippen LogP contribution in [0.5, 0.6) is 11.6 Å². The summed E-state index contributed by atoms with van der Waals surface area (Å²) in [7, 11) is 0. The number of nitrogens with one attached hydrogen (secondary N) is 2. The van der Waals surface area contributed by atoms with Gasteiger partial charge in [0.2, 0.25) is 11.8 Å². The van der Waals surface area contributed by atoms with E-state index in [-0.39, 0.29) is 11.6 Å². The van der Waals surface area contributed by atoms with Crippen molar-refractivity contribution in [2.75, 3.05) is 10.6 Å². The topological polar surface area (TPSA) is 132 Å². The molecule has 1 aromatic carbocycles. The van der Waals surface area contributed by atoms with E-state index in [1.807, 2.05) is 0 Å². The fourth-order valence-electron chi connectivity index (χ4n) is 2.27. The number of hydrogen-bond acceptors (Lipinski definition) is 7. The predicted octanol–water partition coefficient (Wildman–Crippen LogP) is 2.34. The van der Waals surface area contributed by atoms with Crippen LogP contribution >= 0.6 is 0 Å². The Morgan fingerprint density at radius 3 is 2.62 bits per heavy atom. The number of ether oxygens (including phenoxy) is 1. The smallest absolute Gasteiger partial charge is 0.274 e. The molecule has 0 unspecified atom stereocenters. The highest BCUT2D eigenvalue weighted by Crippen LogP contribution is 2.30. The summed E-state index contributed by atoms with van der Waals surface area (Å²) in [6, 6.07) is 8.05. The molecule has 0 aliphatic heterocycles. The number of carbonyl (C=O) groups is 2. The van der Waals surface area contributed by atoms with Crippen LogP contribution in [0.25, 0.3) is 0 Å². The summed E-state index contributed by atoms with van der Waals surface area (Å²) in [5.74, 6) is -1.00. The second-order valence-corrected chi connectivity index (χ2v) is 5.94. The van der Waals surface area contributed by atoms with Gasteiger partial charge in [0.25, 0.3) is 5.91 Å². The Morgan fingerprint density at radius 2 is 1.97 bits per heavy atom. The molecule has 148 valence electrons. The monoisotopic (exact) mass is 396 g/mol. The van der Waals surface area contributed by atoms with Gasteiger partial charge in [-0.15, -0.1) is 0 Å². The van der Waals surface area contributed by atoms with Gasteiger partial charge in [-0.3, -0.25) is 9.59 Å². The summed E-state index contributed by atoms with van der Waals surface area (Å²) in [5.41, 5.74) is 6.25. The highest BCUT2D eigenvalue weighted by atomic mass is 19.1. The van der Waals surface area contributed by atoms with E-state index in [0.29, 0.717) is 17.1 Å². The molecule has 1 atom stereocenters. The number of nitrogens with zero attached hydrogens (tertiary/aromatic N) is 3. The molecule has 0 radical (unpaired) electrons. The van der Waals surface area contributed by atoms with Crippen molar-refractivity contribution in [2.24, 2.45) is 5.73 Å². The van der Waals surface area contributed by atoms with Gasteiger partial charge in [-0.1, -0.05) is 0 Å². The summed E-state index contributed by atoms with van der Waals surface area (Å²) >= 11 is 0. The molecule has 3 rings (SSSR count). The number of benzene rings is 1. The van der Waals surface area contributed by atoms with Crippen LogP contribution in [0.4, 0.5) is 15.8 Å². The lowest BCUT2D eigenvalue weighted by molar-refractivity contribution is -0.118. The third-order valence-corrected chi connectivity index (χ3v) is 3.78. The van der Waals surface area contributed by atoms with Crippen molar-refractivity contribution in [2.45, 2.75) is 13.0 Å². The van der Waals surface area contributed by atoms with Crippen molar-refractivity contribution in [3.63, 3.8) is 0 Å². The van der Waals surface area contributed by atoms with Crippen LogP contribution in [-0.4, -0.2) is 32.8 Å². The number of anilines is 2. The standard InChI is InChI=1S/C19H17FN6O3/c1-11(18(21)27)25-16-8-13(29-17-5-2-12(20)9-23-17)3-4-14(16)26-19(28)15-6-7-22-10-24-15/h2-11,25H,1H3,(H2,21,27)(H,26,28)/t11-/m0/s1. The maximum atomic E-state index is 13.0. The van der Waals surface area contributed by atoms with Gasteiger partial charge in [0.05, 0.1) is 17.6 Å². The van der Waals surface area contributed by atoms with Crippen molar-refractivity contribution >= 4 is 23.2 Å². The Balaban J connectivity index is 1.87. The molecule has 10 heteroatoms. The van der Waals surface area contributed by atoms with E-state index in [1.54, 1.807) is 25.1 Å². The third kappa shape index (κ3) is 5.22. The first-order valence-corrected chi connectivity index (χ1v) is 8.49. The fourth-order valence-corrected chi connectivity index (χ4v) is 2.27. The lowest BCUT2D eigenvalue weighted by atomic mass is 10.2. The van der Waals surface area contributed by atoms with Crippen molar-refractivity contribution in [1.82, 2.24) is 15.0 Å². The van der Waals surface area contributed by atoms with Crippen LogP contribution in [0.1, 0.15) is 17.4 Å². The Hall–Kier alpha value is -4.08. The second kappa shape index (κ2) is 8.74. The minimum Gasteiger partial charge on any atom is -0.439 e. The van der Waals surface area contributed by atoms with E-state index < -0.39 is 23.7 Å². The Labute approximate surface area is 165 Å². The summed E-state index contributed by atoms with van der Waals surface area (Å²) in [6.45, 7) is 1.58. The fraction of sp³-hybridized carbons (Fsp3) is 0.105. The van der Waals surface area contributed by atoms with E-state index in [9.17, 15) is 14.0 Å². The van der Waals surface area contributed by atoms with Crippen molar-refractivity contribution < 1.29 is 18.7 Å². The summed E-state index contributed by atoms with van der Waals surface area (Å²) in [5, 5.41) is 5.62. The number of halogens is 1. The van der Waals surface area contributed by atoms with Crippen molar-refractivity contribution in [3.8, 4) is 11.6 Å². The van der Waals surface area contributed by atoms with Crippen molar-refractivity contribution in [3.05, 3.63) is 66.6 Å². The van der Waals surface area contributed by atoms with Crippen LogP contribution < -0.4 is 21.1 Å². The van der Waals surface area contributed by atoms with Crippen molar-refractivity contribution in [1.29, 1.82) is 0 Å². The molecular formula is C19H17FN6O3. The van der Waals surface area contributed by atoms with Gasteiger partial charge in [0.15, 0.2) is 0 Å². The molecule has 0 aliphatic rings. The summed E-state index contributed by atoms with van der Waals surface area (Å²) in [6.07, 6.45) is 3.73. The zero-order valence-corrected chi connectivity index (χ0v) is 15.3. The van der Waals surface area contributed by atoms with Gasteiger partial charge >= 0.3 is 0 Å². The molecule has 0 fully saturated rings. The number of nitrogens with two attached hydrogens (primary N) is 1. The first-order chi connectivity index (χ1) is 13.9. The number of amides is 2. The highest BCUT2D eigenvalue weighted by molar-refractivity contribution is 6.04. The molecule has 3 aromatic rings. The molecular weight excluding hydrogens is 379 g/mol. The summed E-state index contributed by atoms with van der Waals surface area (Å²) < 4.78 is 18.6. The van der Waals surface area contributed by atoms with Crippen LogP contribution in [-0.2, 0) is 4.79 Å². The van der Waals surface area contributed by atoms with E-state index in [4.69, 9.17) is 10.5 Å². The van der Waals surface area contributed by atoms with Crippen LogP contribution in [0.2, 0.25) is 0 Å². The molecule has 2 heterocycles. The van der Waals surface area contributed by atoms with Gasteiger partial charge in [0.1, 0.15) is 29.6 Å². The van der Waals surface area contributed by atoms with E-state index >= 15 is 0 Å². The number of aromatic nitrogens is 3. The van der Waals surface area contributed by atoms with Crippen LogP contribution in [0.15, 0.2) is 55.1 Å². The summed E-state index contributed by atoms with van der Waals surface area (Å²) in [4.78, 5) is 35.3. The average Bonchev–Trinajstić information content (AvgIpc) is 2.72. The van der Waals surface area contributed by atoms with E-state index in [0.717, 1.165) is 6.20 Å². The second-order valence-electron chi connectivity index (χ2n) is 5.94. The molecule has 2 amide bonds. The van der Waals surface area contributed by atoms with Gasteiger partial charge in [0, 0.05) is 18.3 Å². The molecule has 9 nitrogen and oxygen atoms in total. The molecule has 0 aliphatic carbocycles. The molecule has 0 bridgehead atoms. The minimum absolute atomic E-state index is 0.171. The highest BCUT2D eigenvalue weighted by Gasteiger charge is 2.15. The van der Waals surface area contributed by atoms with E-state index in [1.165, 1.54) is 30.7 Å².